The lowest BCUT2D eigenvalue weighted by molar-refractivity contribution is -0.129. The molecule has 0 radical (unpaired) electrons. The van der Waals surface area contributed by atoms with Crippen molar-refractivity contribution in [2.24, 2.45) is 4.99 Å². The molecule has 1 atom stereocenters. The number of hydrogen-bond donors (Lipinski definition) is 3. The van der Waals surface area contributed by atoms with Crippen molar-refractivity contribution in [3.63, 3.8) is 0 Å². The topological polar surface area (TPSA) is 90.8 Å². The highest BCUT2D eigenvalue weighted by atomic mass is 32.2. The van der Waals surface area contributed by atoms with E-state index in [0.29, 0.717) is 11.7 Å². The Hall–Kier alpha value is -2.64. The maximum absolute atomic E-state index is 13.0. The SMILES string of the molecule is O=C(N[C@@H](CO)C(=O)NC1=NCCS1)C(c1ccccc1)c1ccccc1. The van der Waals surface area contributed by atoms with Crippen molar-refractivity contribution < 1.29 is 14.7 Å². The molecule has 0 spiro atoms. The molecule has 27 heavy (non-hydrogen) atoms. The van der Waals surface area contributed by atoms with E-state index in [1.54, 1.807) is 0 Å². The summed E-state index contributed by atoms with van der Waals surface area (Å²) in [5, 5.41) is 15.5. The maximum atomic E-state index is 13.0. The Kier molecular flexibility index (Phi) is 6.62. The van der Waals surface area contributed by atoms with Crippen LogP contribution in [-0.2, 0) is 9.59 Å². The number of amides is 2. The number of thioether (sulfide) groups is 1. The Morgan fingerprint density at radius 2 is 1.59 bits per heavy atom. The minimum atomic E-state index is -1.05. The molecule has 3 N–H and O–H groups in total. The van der Waals surface area contributed by atoms with E-state index in [-0.39, 0.29) is 5.91 Å². The summed E-state index contributed by atoms with van der Waals surface area (Å²) in [5.41, 5.74) is 1.63. The zero-order valence-corrected chi connectivity index (χ0v) is 15.5. The van der Waals surface area contributed by atoms with Crippen molar-refractivity contribution in [1.82, 2.24) is 10.6 Å². The fraction of sp³-hybridized carbons (Fsp3) is 0.250. The second-order valence-corrected chi connectivity index (χ2v) is 7.11. The fourth-order valence-electron chi connectivity index (χ4n) is 2.84. The summed E-state index contributed by atoms with van der Waals surface area (Å²) in [6, 6.07) is 17.7. The smallest absolute Gasteiger partial charge is 0.250 e. The average molecular weight is 383 g/mol. The third kappa shape index (κ3) is 4.96. The number of benzene rings is 2. The van der Waals surface area contributed by atoms with Crippen LogP contribution in [0.2, 0.25) is 0 Å². The third-order valence-electron chi connectivity index (χ3n) is 4.16. The third-order valence-corrected chi connectivity index (χ3v) is 5.05. The lowest BCUT2D eigenvalue weighted by Gasteiger charge is -2.22. The van der Waals surface area contributed by atoms with Crippen LogP contribution in [0.4, 0.5) is 0 Å². The van der Waals surface area contributed by atoms with Crippen LogP contribution in [-0.4, -0.2) is 47.0 Å². The number of rotatable bonds is 6. The number of amidine groups is 1. The zero-order valence-electron chi connectivity index (χ0n) is 14.7. The molecule has 0 aromatic heterocycles. The molecule has 1 aliphatic rings. The largest absolute Gasteiger partial charge is 0.394 e. The van der Waals surface area contributed by atoms with Gasteiger partial charge in [0.25, 0.3) is 5.91 Å². The summed E-state index contributed by atoms with van der Waals surface area (Å²) < 4.78 is 0. The standard InChI is InChI=1S/C20H21N3O3S/c24-13-16(18(25)23-20-21-11-12-27-20)22-19(26)17(14-7-3-1-4-8-14)15-9-5-2-6-10-15/h1-10,16-17,24H,11-13H2,(H,22,26)(H,21,23,25)/t16-/m0/s1. The number of aliphatic hydroxyl groups is 1. The Morgan fingerprint density at radius 3 is 2.07 bits per heavy atom. The van der Waals surface area contributed by atoms with Crippen LogP contribution >= 0.6 is 11.8 Å². The van der Waals surface area contributed by atoms with Gasteiger partial charge >= 0.3 is 0 Å². The van der Waals surface area contributed by atoms with Gasteiger partial charge in [-0.15, -0.1) is 0 Å². The average Bonchev–Trinajstić information content (AvgIpc) is 3.21. The first kappa shape index (κ1) is 19.1. The van der Waals surface area contributed by atoms with Gasteiger partial charge in [-0.05, 0) is 11.1 Å². The molecule has 0 saturated heterocycles. The number of hydrogen-bond acceptors (Lipinski definition) is 5. The molecule has 0 fully saturated rings. The number of nitrogens with zero attached hydrogens (tertiary/aromatic N) is 1. The van der Waals surface area contributed by atoms with Gasteiger partial charge in [0.05, 0.1) is 19.1 Å². The van der Waals surface area contributed by atoms with E-state index in [0.717, 1.165) is 16.9 Å². The summed E-state index contributed by atoms with van der Waals surface area (Å²) in [6.45, 7) is 0.159. The van der Waals surface area contributed by atoms with Gasteiger partial charge in [-0.25, -0.2) is 0 Å². The molecule has 2 aromatic rings. The van der Waals surface area contributed by atoms with Gasteiger partial charge < -0.3 is 15.7 Å². The first-order chi connectivity index (χ1) is 13.2. The monoisotopic (exact) mass is 383 g/mol. The van der Waals surface area contributed by atoms with Crippen LogP contribution in [0, 0.1) is 0 Å². The predicted octanol–water partition coefficient (Wildman–Crippen LogP) is 1.51. The summed E-state index contributed by atoms with van der Waals surface area (Å²) >= 11 is 1.44. The normalized spacial score (nSPS) is 14.5. The molecule has 6 nitrogen and oxygen atoms in total. The lowest BCUT2D eigenvalue weighted by atomic mass is 9.90. The highest BCUT2D eigenvalue weighted by Crippen LogP contribution is 2.24. The second kappa shape index (κ2) is 9.34. The molecule has 3 rings (SSSR count). The number of aliphatic hydroxyl groups excluding tert-OH is 1. The van der Waals surface area contributed by atoms with Crippen molar-refractivity contribution in [3.05, 3.63) is 71.8 Å². The van der Waals surface area contributed by atoms with Crippen molar-refractivity contribution >= 4 is 28.7 Å². The van der Waals surface area contributed by atoms with Gasteiger partial charge in [0.2, 0.25) is 5.91 Å². The Labute approximate surface area is 162 Å². The minimum absolute atomic E-state index is 0.345. The van der Waals surface area contributed by atoms with E-state index in [2.05, 4.69) is 15.6 Å². The van der Waals surface area contributed by atoms with Crippen LogP contribution in [0.5, 0.6) is 0 Å². The Balaban J connectivity index is 1.78. The minimum Gasteiger partial charge on any atom is -0.394 e. The second-order valence-electron chi connectivity index (χ2n) is 6.02. The van der Waals surface area contributed by atoms with Crippen molar-refractivity contribution in [2.75, 3.05) is 18.9 Å². The van der Waals surface area contributed by atoms with Crippen LogP contribution in [0.15, 0.2) is 65.7 Å². The summed E-state index contributed by atoms with van der Waals surface area (Å²) in [7, 11) is 0. The van der Waals surface area contributed by atoms with E-state index in [1.807, 2.05) is 60.7 Å². The summed E-state index contributed by atoms with van der Waals surface area (Å²) in [4.78, 5) is 29.6. The molecule has 2 aromatic carbocycles. The molecule has 1 aliphatic heterocycles. The maximum Gasteiger partial charge on any atom is 0.250 e. The Morgan fingerprint density at radius 1 is 1.00 bits per heavy atom. The van der Waals surface area contributed by atoms with Crippen molar-refractivity contribution in [2.45, 2.75) is 12.0 Å². The highest BCUT2D eigenvalue weighted by molar-refractivity contribution is 8.14. The van der Waals surface area contributed by atoms with E-state index in [4.69, 9.17) is 0 Å². The van der Waals surface area contributed by atoms with Gasteiger partial charge in [-0.3, -0.25) is 14.6 Å². The molecule has 0 aliphatic carbocycles. The van der Waals surface area contributed by atoms with E-state index in [1.165, 1.54) is 11.8 Å². The molecule has 0 bridgehead atoms. The van der Waals surface area contributed by atoms with E-state index in [9.17, 15) is 14.7 Å². The lowest BCUT2D eigenvalue weighted by Crippen LogP contribution is -2.51. The molecule has 7 heteroatoms. The van der Waals surface area contributed by atoms with E-state index >= 15 is 0 Å². The fourth-order valence-corrected chi connectivity index (χ4v) is 3.57. The van der Waals surface area contributed by atoms with E-state index < -0.39 is 24.5 Å². The number of carbonyl (C=O) groups is 2. The molecule has 1 heterocycles. The van der Waals surface area contributed by atoms with Crippen LogP contribution < -0.4 is 10.6 Å². The Bertz CT molecular complexity index is 772. The summed E-state index contributed by atoms with van der Waals surface area (Å²) in [5.74, 6) is -0.579. The molecular formula is C20H21N3O3S. The first-order valence-electron chi connectivity index (χ1n) is 8.68. The molecular weight excluding hydrogens is 362 g/mol. The molecule has 140 valence electrons. The number of nitrogens with one attached hydrogen (secondary N) is 2. The van der Waals surface area contributed by atoms with Gasteiger partial charge in [0.15, 0.2) is 5.17 Å². The van der Waals surface area contributed by atoms with Gasteiger partial charge in [-0.1, -0.05) is 72.4 Å². The summed E-state index contributed by atoms with van der Waals surface area (Å²) in [6.07, 6.45) is 0. The predicted molar refractivity (Wildman–Crippen MR) is 107 cm³/mol. The van der Waals surface area contributed by atoms with Crippen molar-refractivity contribution in [1.29, 1.82) is 0 Å². The molecule has 0 saturated carbocycles. The number of aliphatic imine (C=N–C) groups is 1. The van der Waals surface area contributed by atoms with Gasteiger partial charge in [0.1, 0.15) is 6.04 Å². The molecule has 2 amide bonds. The molecule has 0 unspecified atom stereocenters. The highest BCUT2D eigenvalue weighted by Gasteiger charge is 2.28. The number of carbonyl (C=O) groups excluding carboxylic acids is 2. The zero-order chi connectivity index (χ0) is 19.1. The first-order valence-corrected chi connectivity index (χ1v) is 9.67. The van der Waals surface area contributed by atoms with Crippen molar-refractivity contribution in [3.8, 4) is 0 Å². The van der Waals surface area contributed by atoms with Crippen LogP contribution in [0.1, 0.15) is 17.0 Å². The van der Waals surface area contributed by atoms with Gasteiger partial charge in [-0.2, -0.15) is 0 Å². The van der Waals surface area contributed by atoms with Gasteiger partial charge in [0, 0.05) is 5.75 Å². The van der Waals surface area contributed by atoms with Crippen LogP contribution in [0.25, 0.3) is 0 Å². The van der Waals surface area contributed by atoms with Crippen LogP contribution in [0.3, 0.4) is 0 Å². The quantitative estimate of drug-likeness (QED) is 0.705.